The first-order valence-electron chi connectivity index (χ1n) is 4.26. The van der Waals surface area contributed by atoms with E-state index >= 15 is 0 Å². The van der Waals surface area contributed by atoms with Crippen LogP contribution in [0.3, 0.4) is 0 Å². The molecule has 0 aliphatic carbocycles. The van der Waals surface area contributed by atoms with Crippen molar-refractivity contribution in [3.05, 3.63) is 34.1 Å². The van der Waals surface area contributed by atoms with Gasteiger partial charge in [-0.05, 0) is 41.1 Å². The van der Waals surface area contributed by atoms with E-state index in [-0.39, 0.29) is 5.82 Å². The van der Waals surface area contributed by atoms with E-state index in [9.17, 15) is 4.39 Å². The van der Waals surface area contributed by atoms with Gasteiger partial charge in [0.25, 0.3) is 0 Å². The largest absolute Gasteiger partial charge is 0.381 e. The number of hydrogen-bond acceptors (Lipinski definition) is 3. The smallest absolute Gasteiger partial charge is 0.172 e. The Labute approximate surface area is 94.2 Å². The third-order valence-electron chi connectivity index (χ3n) is 2.14. The van der Waals surface area contributed by atoms with Crippen LogP contribution in [0.5, 0.6) is 0 Å². The molecule has 1 aromatic heterocycles. The summed E-state index contributed by atoms with van der Waals surface area (Å²) < 4.78 is 18.7. The molecule has 2 N–H and O–H groups in total. The number of rotatable bonds is 1. The number of benzene rings is 1. The molecule has 2 aromatic rings. The molecule has 0 fully saturated rings. The molecule has 0 aliphatic heterocycles. The van der Waals surface area contributed by atoms with Crippen molar-refractivity contribution in [2.75, 3.05) is 5.73 Å². The van der Waals surface area contributed by atoms with Crippen LogP contribution >= 0.6 is 15.9 Å². The summed E-state index contributed by atoms with van der Waals surface area (Å²) in [6, 6.07) is 4.72. The van der Waals surface area contributed by atoms with Crippen LogP contribution in [0.2, 0.25) is 0 Å². The van der Waals surface area contributed by atoms with Gasteiger partial charge in [-0.2, -0.15) is 0 Å². The van der Waals surface area contributed by atoms with Crippen LogP contribution in [0.1, 0.15) is 5.56 Å². The van der Waals surface area contributed by atoms with Gasteiger partial charge >= 0.3 is 0 Å². The summed E-state index contributed by atoms with van der Waals surface area (Å²) >= 11 is 3.08. The molecule has 15 heavy (non-hydrogen) atoms. The second-order valence-corrected chi connectivity index (χ2v) is 4.01. The third-order valence-corrected chi connectivity index (χ3v) is 2.78. The van der Waals surface area contributed by atoms with Crippen molar-refractivity contribution in [1.82, 2.24) is 5.16 Å². The first-order valence-corrected chi connectivity index (χ1v) is 5.06. The Morgan fingerprint density at radius 2 is 2.20 bits per heavy atom. The lowest BCUT2D eigenvalue weighted by Crippen LogP contribution is -1.87. The van der Waals surface area contributed by atoms with Gasteiger partial charge in [-0.1, -0.05) is 5.16 Å². The summed E-state index contributed by atoms with van der Waals surface area (Å²) in [7, 11) is 0. The van der Waals surface area contributed by atoms with Gasteiger partial charge in [0.15, 0.2) is 11.6 Å². The molecule has 5 heteroatoms. The molecule has 3 nitrogen and oxygen atoms in total. The van der Waals surface area contributed by atoms with Crippen molar-refractivity contribution in [1.29, 1.82) is 0 Å². The number of anilines is 1. The van der Waals surface area contributed by atoms with Gasteiger partial charge in [-0.25, -0.2) is 4.39 Å². The summed E-state index contributed by atoms with van der Waals surface area (Å²) in [5.74, 6) is 0.481. The number of nitrogens with two attached hydrogens (primary N) is 1. The molecule has 2 rings (SSSR count). The van der Waals surface area contributed by atoms with Gasteiger partial charge in [-0.15, -0.1) is 0 Å². The van der Waals surface area contributed by atoms with Crippen molar-refractivity contribution in [2.24, 2.45) is 0 Å². The fraction of sp³-hybridized carbons (Fsp3) is 0.100. The number of nitrogens with zero attached hydrogens (tertiary/aromatic N) is 1. The first kappa shape index (κ1) is 10.2. The van der Waals surface area contributed by atoms with Gasteiger partial charge in [0.2, 0.25) is 0 Å². The molecule has 78 valence electrons. The van der Waals surface area contributed by atoms with E-state index in [0.29, 0.717) is 21.6 Å². The van der Waals surface area contributed by atoms with Crippen LogP contribution in [0.25, 0.3) is 11.3 Å². The highest BCUT2D eigenvalue weighted by atomic mass is 79.9. The maximum absolute atomic E-state index is 13.3. The molecule has 0 aliphatic rings. The van der Waals surface area contributed by atoms with Gasteiger partial charge < -0.3 is 10.3 Å². The van der Waals surface area contributed by atoms with E-state index in [0.717, 1.165) is 5.56 Å². The van der Waals surface area contributed by atoms with Crippen molar-refractivity contribution in [3.8, 4) is 11.3 Å². The minimum absolute atomic E-state index is 0.327. The zero-order valence-electron chi connectivity index (χ0n) is 7.92. The summed E-state index contributed by atoms with van der Waals surface area (Å²) in [5, 5.41) is 3.61. The highest BCUT2D eigenvalue weighted by Gasteiger charge is 2.12. The number of aromatic nitrogens is 1. The van der Waals surface area contributed by atoms with Gasteiger partial charge in [-0.3, -0.25) is 0 Å². The number of halogens is 2. The topological polar surface area (TPSA) is 52.0 Å². The minimum Gasteiger partial charge on any atom is -0.381 e. The van der Waals surface area contributed by atoms with E-state index in [2.05, 4.69) is 21.1 Å². The van der Waals surface area contributed by atoms with E-state index in [1.807, 2.05) is 0 Å². The molecule has 0 unspecified atom stereocenters. The number of nitrogen functional groups attached to an aromatic ring is 1. The van der Waals surface area contributed by atoms with Crippen molar-refractivity contribution in [3.63, 3.8) is 0 Å². The van der Waals surface area contributed by atoms with Gasteiger partial charge in [0.05, 0.1) is 4.47 Å². The van der Waals surface area contributed by atoms with Crippen LogP contribution in [-0.2, 0) is 0 Å². The van der Waals surface area contributed by atoms with Gasteiger partial charge in [0.1, 0.15) is 5.82 Å². The normalized spacial score (nSPS) is 10.6. The van der Waals surface area contributed by atoms with Crippen molar-refractivity contribution >= 4 is 21.7 Å². The Morgan fingerprint density at radius 1 is 1.47 bits per heavy atom. The quantitative estimate of drug-likeness (QED) is 0.866. The maximum Gasteiger partial charge on any atom is 0.172 e. The standard InChI is InChI=1S/C10H8BrFN2O/c1-5-9(15-14-10(5)13)6-2-3-7(11)8(12)4-6/h2-4H,1H3,(H2,13,14). The van der Waals surface area contributed by atoms with E-state index in [1.165, 1.54) is 6.07 Å². The SMILES string of the molecule is Cc1c(N)noc1-c1ccc(Br)c(F)c1. The molecular formula is C10H8BrFN2O. The predicted octanol–water partition coefficient (Wildman–Crippen LogP) is 3.13. The molecule has 0 bridgehead atoms. The molecular weight excluding hydrogens is 263 g/mol. The van der Waals surface area contributed by atoms with E-state index in [4.69, 9.17) is 10.3 Å². The summed E-state index contributed by atoms with van der Waals surface area (Å²) in [6.45, 7) is 1.78. The van der Waals surface area contributed by atoms with Crippen LogP contribution < -0.4 is 5.73 Å². The molecule has 1 aromatic carbocycles. The first-order chi connectivity index (χ1) is 7.09. The monoisotopic (exact) mass is 270 g/mol. The zero-order valence-corrected chi connectivity index (χ0v) is 9.51. The fourth-order valence-corrected chi connectivity index (χ4v) is 1.50. The van der Waals surface area contributed by atoms with E-state index in [1.54, 1.807) is 19.1 Å². The lowest BCUT2D eigenvalue weighted by Gasteiger charge is -1.99. The predicted molar refractivity (Wildman–Crippen MR) is 58.7 cm³/mol. The highest BCUT2D eigenvalue weighted by molar-refractivity contribution is 9.10. The van der Waals surface area contributed by atoms with E-state index < -0.39 is 0 Å². The maximum atomic E-state index is 13.3. The van der Waals surface area contributed by atoms with Crippen LogP contribution in [0.15, 0.2) is 27.2 Å². The highest BCUT2D eigenvalue weighted by Crippen LogP contribution is 2.29. The third kappa shape index (κ3) is 1.74. The van der Waals surface area contributed by atoms with Crippen LogP contribution in [0, 0.1) is 12.7 Å². The Bertz CT molecular complexity index is 510. The summed E-state index contributed by atoms with van der Waals surface area (Å²) in [6.07, 6.45) is 0. The average Bonchev–Trinajstić information content (AvgIpc) is 2.53. The lowest BCUT2D eigenvalue weighted by atomic mass is 10.1. The van der Waals surface area contributed by atoms with Gasteiger partial charge in [0, 0.05) is 11.1 Å². The molecule has 0 atom stereocenters. The van der Waals surface area contributed by atoms with Crippen molar-refractivity contribution < 1.29 is 8.91 Å². The minimum atomic E-state index is -0.345. The fourth-order valence-electron chi connectivity index (χ4n) is 1.25. The average molecular weight is 271 g/mol. The molecule has 0 radical (unpaired) electrons. The molecule has 0 saturated heterocycles. The second kappa shape index (κ2) is 3.66. The van der Waals surface area contributed by atoms with Crippen LogP contribution in [-0.4, -0.2) is 5.16 Å². The van der Waals surface area contributed by atoms with Crippen molar-refractivity contribution in [2.45, 2.75) is 6.92 Å². The molecule has 0 amide bonds. The van der Waals surface area contributed by atoms with Crippen LogP contribution in [0.4, 0.5) is 10.2 Å². The Kier molecular flexibility index (Phi) is 2.48. The molecule has 0 saturated carbocycles. The summed E-state index contributed by atoms with van der Waals surface area (Å²) in [4.78, 5) is 0. The second-order valence-electron chi connectivity index (χ2n) is 3.15. The summed E-state index contributed by atoms with van der Waals surface area (Å²) in [5.41, 5.74) is 6.88. The Morgan fingerprint density at radius 3 is 2.73 bits per heavy atom. The molecule has 1 heterocycles. The zero-order chi connectivity index (χ0) is 11.0. The molecule has 0 spiro atoms. The Hall–Kier alpha value is -1.36. The Balaban J connectivity index is 2.55. The lowest BCUT2D eigenvalue weighted by molar-refractivity contribution is 0.435. The number of hydrogen-bond donors (Lipinski definition) is 1.